The van der Waals surface area contributed by atoms with Crippen LogP contribution in [0, 0.1) is 11.8 Å². The van der Waals surface area contributed by atoms with Crippen LogP contribution in [-0.4, -0.2) is 24.6 Å². The summed E-state index contributed by atoms with van der Waals surface area (Å²) in [5.41, 5.74) is 7.38. The maximum absolute atomic E-state index is 12.7. The highest BCUT2D eigenvalue weighted by atomic mass is 16.5. The summed E-state index contributed by atoms with van der Waals surface area (Å²) in [6.45, 7) is 0.707. The maximum Gasteiger partial charge on any atom is 0.220 e. The predicted octanol–water partition coefficient (Wildman–Crippen LogP) is 2.97. The number of fused-ring (bicyclic) bond motifs is 3. The van der Waals surface area contributed by atoms with Crippen LogP contribution in [0.5, 0.6) is 5.75 Å². The lowest BCUT2D eigenvalue weighted by Crippen LogP contribution is -2.53. The van der Waals surface area contributed by atoms with Crippen LogP contribution in [0.2, 0.25) is 0 Å². The number of carbonyl (C=O) groups is 1. The lowest BCUT2D eigenvalue weighted by Gasteiger charge is -2.45. The largest absolute Gasteiger partial charge is 0.493 e. The van der Waals surface area contributed by atoms with Gasteiger partial charge in [0.25, 0.3) is 0 Å². The van der Waals surface area contributed by atoms with E-state index < -0.39 is 0 Å². The first-order chi connectivity index (χ1) is 11.7. The number of benzene rings is 1. The Kier molecular flexibility index (Phi) is 4.49. The number of ether oxygens (including phenoxy) is 1. The van der Waals surface area contributed by atoms with E-state index in [0.29, 0.717) is 36.9 Å². The number of nitrogens with one attached hydrogen (secondary N) is 1. The molecule has 2 aliphatic carbocycles. The molecule has 0 aromatic heterocycles. The molecule has 1 heterocycles. The second-order valence-electron chi connectivity index (χ2n) is 7.85. The standard InChI is InChI=1S/C20H28N2O2/c21-16-10-14-4-3-5-15(11-16)20(14)22-19(23)12-13-8-9-24-18-7-2-1-6-17(13)18/h1-2,6-7,13-16,20H,3-5,8-12,21H2,(H,22,23). The first-order valence-corrected chi connectivity index (χ1v) is 9.47. The molecule has 0 spiro atoms. The fourth-order valence-electron chi connectivity index (χ4n) is 5.12. The van der Waals surface area contributed by atoms with Crippen molar-refractivity contribution in [3.8, 4) is 5.75 Å². The molecule has 24 heavy (non-hydrogen) atoms. The van der Waals surface area contributed by atoms with E-state index in [2.05, 4.69) is 11.4 Å². The number of hydrogen-bond acceptors (Lipinski definition) is 3. The monoisotopic (exact) mass is 328 g/mol. The summed E-state index contributed by atoms with van der Waals surface area (Å²) in [4.78, 5) is 12.7. The zero-order valence-corrected chi connectivity index (χ0v) is 14.2. The minimum absolute atomic E-state index is 0.203. The Morgan fingerprint density at radius 2 is 1.92 bits per heavy atom. The van der Waals surface area contributed by atoms with Gasteiger partial charge < -0.3 is 15.8 Å². The predicted molar refractivity (Wildman–Crippen MR) is 93.9 cm³/mol. The molecule has 2 saturated carbocycles. The lowest BCUT2D eigenvalue weighted by atomic mass is 9.67. The van der Waals surface area contributed by atoms with Crippen molar-refractivity contribution in [2.45, 2.75) is 62.9 Å². The van der Waals surface area contributed by atoms with Crippen molar-refractivity contribution >= 4 is 5.91 Å². The average Bonchev–Trinajstić information content (AvgIpc) is 2.56. The summed E-state index contributed by atoms with van der Waals surface area (Å²) in [5, 5.41) is 3.38. The Morgan fingerprint density at radius 1 is 1.17 bits per heavy atom. The first-order valence-electron chi connectivity index (χ1n) is 9.47. The van der Waals surface area contributed by atoms with Gasteiger partial charge in [0, 0.05) is 18.5 Å². The van der Waals surface area contributed by atoms with Gasteiger partial charge in [-0.1, -0.05) is 24.6 Å². The fraction of sp³-hybridized carbons (Fsp3) is 0.650. The summed E-state index contributed by atoms with van der Waals surface area (Å²) in [6.07, 6.45) is 7.37. The number of nitrogens with two attached hydrogens (primary N) is 1. The molecule has 3 unspecified atom stereocenters. The van der Waals surface area contributed by atoms with Crippen LogP contribution in [0.1, 0.15) is 56.4 Å². The molecule has 4 heteroatoms. The Hall–Kier alpha value is -1.55. The molecule has 3 aliphatic rings. The van der Waals surface area contributed by atoms with E-state index in [0.717, 1.165) is 25.0 Å². The molecule has 0 saturated heterocycles. The molecule has 1 aliphatic heterocycles. The van der Waals surface area contributed by atoms with Crippen LogP contribution in [-0.2, 0) is 4.79 Å². The average molecular weight is 328 g/mol. The van der Waals surface area contributed by atoms with Crippen LogP contribution in [0.15, 0.2) is 24.3 Å². The van der Waals surface area contributed by atoms with Gasteiger partial charge in [0.15, 0.2) is 0 Å². The van der Waals surface area contributed by atoms with Crippen LogP contribution in [0.3, 0.4) is 0 Å². The van der Waals surface area contributed by atoms with Gasteiger partial charge in [-0.2, -0.15) is 0 Å². The van der Waals surface area contributed by atoms with E-state index in [1.807, 2.05) is 18.2 Å². The van der Waals surface area contributed by atoms with Crippen molar-refractivity contribution in [3.63, 3.8) is 0 Å². The van der Waals surface area contributed by atoms with Gasteiger partial charge in [0.1, 0.15) is 5.75 Å². The SMILES string of the molecule is NC1CC2CCCC(C1)C2NC(=O)CC1CCOc2ccccc21. The molecule has 4 rings (SSSR count). The zero-order valence-electron chi connectivity index (χ0n) is 14.2. The Bertz CT molecular complexity index is 589. The third-order valence-electron chi connectivity index (χ3n) is 6.22. The third-order valence-corrected chi connectivity index (χ3v) is 6.22. The molecule has 1 aromatic rings. The lowest BCUT2D eigenvalue weighted by molar-refractivity contribution is -0.124. The molecular weight excluding hydrogens is 300 g/mol. The maximum atomic E-state index is 12.7. The molecule has 130 valence electrons. The Morgan fingerprint density at radius 3 is 2.71 bits per heavy atom. The summed E-state index contributed by atoms with van der Waals surface area (Å²) < 4.78 is 5.71. The first kappa shape index (κ1) is 15.9. The Labute approximate surface area is 144 Å². The molecule has 1 amide bonds. The highest BCUT2D eigenvalue weighted by Gasteiger charge is 2.40. The van der Waals surface area contributed by atoms with Gasteiger partial charge in [-0.25, -0.2) is 0 Å². The number of rotatable bonds is 3. The van der Waals surface area contributed by atoms with E-state index in [-0.39, 0.29) is 11.8 Å². The van der Waals surface area contributed by atoms with Crippen molar-refractivity contribution < 1.29 is 9.53 Å². The second-order valence-corrected chi connectivity index (χ2v) is 7.85. The highest BCUT2D eigenvalue weighted by Crippen LogP contribution is 2.40. The number of carbonyl (C=O) groups excluding carboxylic acids is 1. The topological polar surface area (TPSA) is 64.3 Å². The smallest absolute Gasteiger partial charge is 0.220 e. The minimum Gasteiger partial charge on any atom is -0.493 e. The number of hydrogen-bond donors (Lipinski definition) is 2. The Balaban J connectivity index is 1.41. The molecule has 3 N–H and O–H groups in total. The van der Waals surface area contributed by atoms with E-state index in [4.69, 9.17) is 10.5 Å². The van der Waals surface area contributed by atoms with E-state index in [1.54, 1.807) is 0 Å². The van der Waals surface area contributed by atoms with Gasteiger partial charge in [0.2, 0.25) is 5.91 Å². The van der Waals surface area contributed by atoms with Crippen LogP contribution >= 0.6 is 0 Å². The summed E-state index contributed by atoms with van der Waals surface area (Å²) in [5.74, 6) is 2.59. The summed E-state index contributed by atoms with van der Waals surface area (Å²) in [7, 11) is 0. The zero-order chi connectivity index (χ0) is 16.5. The fourth-order valence-corrected chi connectivity index (χ4v) is 5.12. The molecule has 2 bridgehead atoms. The van der Waals surface area contributed by atoms with Gasteiger partial charge in [0.05, 0.1) is 6.61 Å². The quantitative estimate of drug-likeness (QED) is 0.896. The van der Waals surface area contributed by atoms with Gasteiger partial charge >= 0.3 is 0 Å². The van der Waals surface area contributed by atoms with Crippen molar-refractivity contribution in [2.24, 2.45) is 17.6 Å². The van der Waals surface area contributed by atoms with Gasteiger partial charge in [-0.3, -0.25) is 4.79 Å². The molecule has 2 fully saturated rings. The molecular formula is C20H28N2O2. The minimum atomic E-state index is 0.203. The van der Waals surface area contributed by atoms with Crippen molar-refractivity contribution in [3.05, 3.63) is 29.8 Å². The van der Waals surface area contributed by atoms with E-state index >= 15 is 0 Å². The van der Waals surface area contributed by atoms with Gasteiger partial charge in [-0.15, -0.1) is 0 Å². The second kappa shape index (κ2) is 6.75. The highest BCUT2D eigenvalue weighted by molar-refractivity contribution is 5.77. The van der Waals surface area contributed by atoms with E-state index in [9.17, 15) is 4.79 Å². The molecule has 4 nitrogen and oxygen atoms in total. The summed E-state index contributed by atoms with van der Waals surface area (Å²) >= 11 is 0. The summed E-state index contributed by atoms with van der Waals surface area (Å²) in [6, 6.07) is 8.81. The molecule has 3 atom stereocenters. The normalized spacial score (nSPS) is 34.8. The molecule has 0 radical (unpaired) electrons. The van der Waals surface area contributed by atoms with Gasteiger partial charge in [-0.05, 0) is 61.5 Å². The van der Waals surface area contributed by atoms with Crippen LogP contribution < -0.4 is 15.8 Å². The van der Waals surface area contributed by atoms with Crippen molar-refractivity contribution in [1.82, 2.24) is 5.32 Å². The molecule has 1 aromatic carbocycles. The van der Waals surface area contributed by atoms with Crippen molar-refractivity contribution in [1.29, 1.82) is 0 Å². The number of amides is 1. The third kappa shape index (κ3) is 3.16. The number of para-hydroxylation sites is 1. The van der Waals surface area contributed by atoms with E-state index in [1.165, 1.54) is 24.8 Å². The van der Waals surface area contributed by atoms with Crippen molar-refractivity contribution in [2.75, 3.05) is 6.61 Å². The van der Waals surface area contributed by atoms with Crippen LogP contribution in [0.25, 0.3) is 0 Å². The van der Waals surface area contributed by atoms with Crippen LogP contribution in [0.4, 0.5) is 0 Å².